The molecule has 3 nitrogen and oxygen atoms in total. The summed E-state index contributed by atoms with van der Waals surface area (Å²) >= 11 is 3.05. The largest absolute Gasteiger partial charge is 0.326 e. The number of nitrogens with one attached hydrogen (secondary N) is 1. The Kier molecular flexibility index (Phi) is 4.65. The Morgan fingerprint density at radius 2 is 2.18 bits per heavy atom. The van der Waals surface area contributed by atoms with Gasteiger partial charge in [-0.3, -0.25) is 4.79 Å². The lowest BCUT2D eigenvalue weighted by Gasteiger charge is -2.17. The smallest absolute Gasteiger partial charge is 0.224 e. The number of hydrogen-bond donors (Lipinski definition) is 2. The molecule has 0 aromatic heterocycles. The quantitative estimate of drug-likeness (QED) is 0.898. The highest BCUT2D eigenvalue weighted by atomic mass is 79.9. The molecule has 0 bridgehead atoms. The van der Waals surface area contributed by atoms with Crippen molar-refractivity contribution in [2.75, 3.05) is 5.32 Å². The van der Waals surface area contributed by atoms with Crippen LogP contribution in [0.25, 0.3) is 0 Å². The molecule has 1 amide bonds. The second kappa shape index (κ2) is 5.60. The summed E-state index contributed by atoms with van der Waals surface area (Å²) in [5.41, 5.74) is 5.85. The molecule has 5 heteroatoms. The number of rotatable bonds is 4. The number of amides is 1. The highest BCUT2D eigenvalue weighted by molar-refractivity contribution is 9.10. The van der Waals surface area contributed by atoms with E-state index in [0.717, 1.165) is 0 Å². The van der Waals surface area contributed by atoms with E-state index in [4.69, 9.17) is 5.73 Å². The molecule has 0 radical (unpaired) electrons. The molecular weight excluding hydrogens is 287 g/mol. The monoisotopic (exact) mass is 302 g/mol. The van der Waals surface area contributed by atoms with Crippen molar-refractivity contribution in [2.24, 2.45) is 5.73 Å². The van der Waals surface area contributed by atoms with Crippen molar-refractivity contribution in [1.29, 1.82) is 0 Å². The molecule has 0 aliphatic carbocycles. The normalized spacial score (nSPS) is 11.4. The lowest BCUT2D eigenvalue weighted by molar-refractivity contribution is -0.116. The van der Waals surface area contributed by atoms with Crippen LogP contribution in [0.2, 0.25) is 0 Å². The van der Waals surface area contributed by atoms with E-state index in [2.05, 4.69) is 21.2 Å². The summed E-state index contributed by atoms with van der Waals surface area (Å²) in [6, 6.07) is 4.46. The van der Waals surface area contributed by atoms with E-state index in [-0.39, 0.29) is 11.4 Å². The first kappa shape index (κ1) is 14.1. The van der Waals surface area contributed by atoms with Crippen molar-refractivity contribution in [3.8, 4) is 0 Å². The summed E-state index contributed by atoms with van der Waals surface area (Å²) in [5.74, 6) is -0.563. The number of carbonyl (C=O) groups is 1. The lowest BCUT2D eigenvalue weighted by atomic mass is 10.00. The van der Waals surface area contributed by atoms with E-state index in [9.17, 15) is 9.18 Å². The van der Waals surface area contributed by atoms with Crippen LogP contribution in [0.3, 0.4) is 0 Å². The van der Waals surface area contributed by atoms with E-state index < -0.39 is 5.82 Å². The van der Waals surface area contributed by atoms with Crippen LogP contribution < -0.4 is 11.1 Å². The van der Waals surface area contributed by atoms with Crippen molar-refractivity contribution in [3.63, 3.8) is 0 Å². The summed E-state index contributed by atoms with van der Waals surface area (Å²) in [6.45, 7) is 3.72. The molecule has 0 saturated heterocycles. The Balaban J connectivity index is 2.54. The molecule has 94 valence electrons. The maximum Gasteiger partial charge on any atom is 0.224 e. The second-order valence-electron chi connectivity index (χ2n) is 4.67. The molecule has 0 fully saturated rings. The lowest BCUT2D eigenvalue weighted by Crippen LogP contribution is -2.33. The molecule has 0 spiro atoms. The van der Waals surface area contributed by atoms with E-state index in [1.807, 2.05) is 13.8 Å². The van der Waals surface area contributed by atoms with Gasteiger partial charge in [0.25, 0.3) is 0 Å². The molecule has 17 heavy (non-hydrogen) atoms. The van der Waals surface area contributed by atoms with Crippen LogP contribution in [0.5, 0.6) is 0 Å². The van der Waals surface area contributed by atoms with Gasteiger partial charge in [0.2, 0.25) is 5.91 Å². The number of benzene rings is 1. The third-order valence-electron chi connectivity index (χ3n) is 2.20. The van der Waals surface area contributed by atoms with E-state index in [1.54, 1.807) is 12.1 Å². The fourth-order valence-corrected chi connectivity index (χ4v) is 1.48. The minimum Gasteiger partial charge on any atom is -0.326 e. The average molecular weight is 303 g/mol. The molecule has 1 aromatic carbocycles. The van der Waals surface area contributed by atoms with Crippen molar-refractivity contribution in [1.82, 2.24) is 0 Å². The fourth-order valence-electron chi connectivity index (χ4n) is 1.23. The molecule has 0 atom stereocenters. The Labute approximate surface area is 109 Å². The molecule has 0 aliphatic heterocycles. The van der Waals surface area contributed by atoms with Gasteiger partial charge in [-0.05, 0) is 54.4 Å². The second-order valence-corrected chi connectivity index (χ2v) is 5.52. The Bertz CT molecular complexity index is 415. The van der Waals surface area contributed by atoms with Crippen LogP contribution in [0.4, 0.5) is 10.1 Å². The zero-order valence-corrected chi connectivity index (χ0v) is 11.5. The van der Waals surface area contributed by atoms with Crippen LogP contribution in [-0.4, -0.2) is 11.4 Å². The van der Waals surface area contributed by atoms with Gasteiger partial charge in [0, 0.05) is 17.6 Å². The summed E-state index contributed by atoms with van der Waals surface area (Å²) in [5, 5.41) is 2.63. The van der Waals surface area contributed by atoms with E-state index in [0.29, 0.717) is 23.0 Å². The zero-order valence-electron chi connectivity index (χ0n) is 9.89. The van der Waals surface area contributed by atoms with Gasteiger partial charge in [-0.1, -0.05) is 0 Å². The minimum atomic E-state index is -0.401. The fraction of sp³-hybridized carbons (Fsp3) is 0.417. The molecular formula is C12H16BrFN2O. The highest BCUT2D eigenvalue weighted by Gasteiger charge is 2.13. The third kappa shape index (κ3) is 5.28. The van der Waals surface area contributed by atoms with Crippen LogP contribution in [-0.2, 0) is 4.79 Å². The number of carbonyl (C=O) groups excluding carboxylic acids is 1. The third-order valence-corrected chi connectivity index (χ3v) is 2.84. The molecule has 0 unspecified atom stereocenters. The Hall–Kier alpha value is -0.940. The van der Waals surface area contributed by atoms with Gasteiger partial charge in [-0.25, -0.2) is 4.39 Å². The maximum absolute atomic E-state index is 13.2. The molecule has 0 aliphatic rings. The van der Waals surface area contributed by atoms with Gasteiger partial charge >= 0.3 is 0 Å². The standard InChI is InChI=1S/C12H16BrFN2O/c1-12(2,15)6-5-11(17)16-8-3-4-9(13)10(14)7-8/h3-4,7H,5-6,15H2,1-2H3,(H,16,17). The molecule has 0 heterocycles. The first-order valence-corrected chi connectivity index (χ1v) is 6.11. The van der Waals surface area contributed by atoms with Gasteiger partial charge in [-0.2, -0.15) is 0 Å². The average Bonchev–Trinajstić information content (AvgIpc) is 2.20. The molecule has 1 rings (SSSR count). The van der Waals surface area contributed by atoms with Crippen LogP contribution in [0.1, 0.15) is 26.7 Å². The first-order valence-electron chi connectivity index (χ1n) is 5.32. The Morgan fingerprint density at radius 1 is 1.53 bits per heavy atom. The van der Waals surface area contributed by atoms with Crippen LogP contribution in [0, 0.1) is 5.82 Å². The van der Waals surface area contributed by atoms with Gasteiger partial charge in [0.15, 0.2) is 0 Å². The summed E-state index contributed by atoms with van der Waals surface area (Å²) in [4.78, 5) is 11.6. The highest BCUT2D eigenvalue weighted by Crippen LogP contribution is 2.19. The van der Waals surface area contributed by atoms with Crippen LogP contribution in [0.15, 0.2) is 22.7 Å². The molecule has 0 saturated carbocycles. The van der Waals surface area contributed by atoms with Crippen molar-refractivity contribution in [3.05, 3.63) is 28.5 Å². The van der Waals surface area contributed by atoms with E-state index >= 15 is 0 Å². The van der Waals surface area contributed by atoms with Crippen molar-refractivity contribution in [2.45, 2.75) is 32.2 Å². The number of nitrogens with two attached hydrogens (primary N) is 1. The first-order chi connectivity index (χ1) is 7.78. The maximum atomic E-state index is 13.2. The van der Waals surface area contributed by atoms with Gasteiger partial charge in [0.05, 0.1) is 4.47 Å². The predicted octanol–water partition coefficient (Wildman–Crippen LogP) is 3.04. The van der Waals surface area contributed by atoms with Gasteiger partial charge < -0.3 is 11.1 Å². The topological polar surface area (TPSA) is 55.1 Å². The summed E-state index contributed by atoms with van der Waals surface area (Å²) in [6.07, 6.45) is 0.902. The molecule has 1 aromatic rings. The van der Waals surface area contributed by atoms with Gasteiger partial charge in [-0.15, -0.1) is 0 Å². The number of anilines is 1. The minimum absolute atomic E-state index is 0.162. The van der Waals surface area contributed by atoms with Gasteiger partial charge in [0.1, 0.15) is 5.82 Å². The van der Waals surface area contributed by atoms with Crippen LogP contribution >= 0.6 is 15.9 Å². The number of halogens is 2. The van der Waals surface area contributed by atoms with E-state index in [1.165, 1.54) is 6.07 Å². The number of hydrogen-bond acceptors (Lipinski definition) is 2. The predicted molar refractivity (Wildman–Crippen MR) is 70.2 cm³/mol. The molecule has 3 N–H and O–H groups in total. The Morgan fingerprint density at radius 3 is 2.71 bits per heavy atom. The van der Waals surface area contributed by atoms with Crippen molar-refractivity contribution >= 4 is 27.5 Å². The van der Waals surface area contributed by atoms with Crippen molar-refractivity contribution < 1.29 is 9.18 Å². The summed E-state index contributed by atoms with van der Waals surface area (Å²) < 4.78 is 13.6. The SMILES string of the molecule is CC(C)(N)CCC(=O)Nc1ccc(Br)c(F)c1. The summed E-state index contributed by atoms with van der Waals surface area (Å²) in [7, 11) is 0. The zero-order chi connectivity index (χ0) is 13.1.